The highest BCUT2D eigenvalue weighted by Crippen LogP contribution is 2.25. The van der Waals surface area contributed by atoms with Crippen LogP contribution in [-0.4, -0.2) is 69.8 Å². The third-order valence-electron chi connectivity index (χ3n) is 6.63. The van der Waals surface area contributed by atoms with E-state index in [9.17, 15) is 24.3 Å². The van der Waals surface area contributed by atoms with Crippen molar-refractivity contribution in [3.8, 4) is 0 Å². The summed E-state index contributed by atoms with van der Waals surface area (Å²) in [4.78, 5) is 51.0. The highest BCUT2D eigenvalue weighted by molar-refractivity contribution is 5.88. The number of likely N-dealkylation sites (tertiary alicyclic amines) is 1. The number of carboxylic acid groups (broad SMARTS) is 1. The van der Waals surface area contributed by atoms with E-state index in [2.05, 4.69) is 6.92 Å². The molecule has 0 bridgehead atoms. The topological polar surface area (TPSA) is 130 Å². The molecule has 1 saturated heterocycles. The lowest BCUT2D eigenvalue weighted by atomic mass is 9.95. The van der Waals surface area contributed by atoms with Crippen LogP contribution in [0.2, 0.25) is 0 Å². The molecule has 0 spiro atoms. The van der Waals surface area contributed by atoms with Crippen molar-refractivity contribution in [1.82, 2.24) is 4.90 Å². The van der Waals surface area contributed by atoms with Gasteiger partial charge in [-0.2, -0.15) is 0 Å². The first-order valence-electron chi connectivity index (χ1n) is 13.2. The number of aliphatic hydroxyl groups excluding tert-OH is 1. The first kappa shape index (κ1) is 31.6. The van der Waals surface area contributed by atoms with Crippen LogP contribution in [0.3, 0.4) is 0 Å². The Labute approximate surface area is 215 Å². The van der Waals surface area contributed by atoms with Crippen molar-refractivity contribution >= 4 is 23.8 Å². The SMILES string of the molecule is CCCCCCC/C=C(\C)[C@@H](O)[C@@H](C)C(=O)N1CCC[C@H]1C(=O)O[C@@H](C(=O)O[C@@H](C)C(=O)O)C(C)C. The number of hydrogen-bond acceptors (Lipinski definition) is 7. The van der Waals surface area contributed by atoms with Gasteiger partial charge in [0.15, 0.2) is 6.10 Å². The Balaban J connectivity index is 2.78. The first-order valence-corrected chi connectivity index (χ1v) is 13.2. The second-order valence-electron chi connectivity index (χ2n) is 10.1. The lowest BCUT2D eigenvalue weighted by Crippen LogP contribution is -2.48. The molecule has 0 aliphatic carbocycles. The second kappa shape index (κ2) is 15.6. The molecule has 1 amide bonds. The van der Waals surface area contributed by atoms with E-state index < -0.39 is 54.1 Å². The largest absolute Gasteiger partial charge is 0.479 e. The van der Waals surface area contributed by atoms with Crippen molar-refractivity contribution in [3.63, 3.8) is 0 Å². The summed E-state index contributed by atoms with van der Waals surface area (Å²) in [5.74, 6) is -4.52. The number of aliphatic carboxylic acids is 1. The molecule has 0 radical (unpaired) electrons. The zero-order chi connectivity index (χ0) is 27.4. The van der Waals surface area contributed by atoms with E-state index in [0.29, 0.717) is 19.4 Å². The minimum Gasteiger partial charge on any atom is -0.479 e. The molecule has 9 heteroatoms. The van der Waals surface area contributed by atoms with Gasteiger partial charge in [-0.3, -0.25) is 4.79 Å². The van der Waals surface area contributed by atoms with E-state index >= 15 is 0 Å². The normalized spacial score (nSPS) is 19.5. The van der Waals surface area contributed by atoms with Crippen molar-refractivity contribution in [2.75, 3.05) is 6.54 Å². The van der Waals surface area contributed by atoms with Crippen molar-refractivity contribution in [2.45, 2.75) is 117 Å². The Kier molecular flexibility index (Phi) is 13.7. The number of amides is 1. The summed E-state index contributed by atoms with van der Waals surface area (Å²) >= 11 is 0. The maximum atomic E-state index is 13.2. The van der Waals surface area contributed by atoms with Crippen molar-refractivity contribution in [3.05, 3.63) is 11.6 Å². The Bertz CT molecular complexity index is 778. The monoisotopic (exact) mass is 511 g/mol. The summed E-state index contributed by atoms with van der Waals surface area (Å²) in [6.07, 6.45) is 5.95. The summed E-state index contributed by atoms with van der Waals surface area (Å²) in [7, 11) is 0. The van der Waals surface area contributed by atoms with Gasteiger partial charge in [-0.15, -0.1) is 0 Å². The lowest BCUT2D eigenvalue weighted by Gasteiger charge is -2.30. The van der Waals surface area contributed by atoms with Gasteiger partial charge in [0, 0.05) is 12.5 Å². The van der Waals surface area contributed by atoms with Crippen molar-refractivity contribution in [2.24, 2.45) is 11.8 Å². The van der Waals surface area contributed by atoms with Crippen LogP contribution in [-0.2, 0) is 28.7 Å². The van der Waals surface area contributed by atoms with Gasteiger partial charge in [0.1, 0.15) is 6.04 Å². The smallest absolute Gasteiger partial charge is 0.348 e. The van der Waals surface area contributed by atoms with Gasteiger partial charge >= 0.3 is 17.9 Å². The molecular weight excluding hydrogens is 466 g/mol. The summed E-state index contributed by atoms with van der Waals surface area (Å²) in [6.45, 7) is 10.5. The molecule has 2 N–H and O–H groups in total. The van der Waals surface area contributed by atoms with E-state index in [4.69, 9.17) is 14.6 Å². The Morgan fingerprint density at radius 2 is 1.67 bits per heavy atom. The fourth-order valence-corrected chi connectivity index (χ4v) is 4.22. The molecule has 0 saturated carbocycles. The van der Waals surface area contributed by atoms with Crippen LogP contribution >= 0.6 is 0 Å². The molecule has 1 aliphatic rings. The molecule has 36 heavy (non-hydrogen) atoms. The molecule has 5 atom stereocenters. The van der Waals surface area contributed by atoms with E-state index in [-0.39, 0.29) is 5.91 Å². The molecule has 0 aromatic carbocycles. The van der Waals surface area contributed by atoms with Crippen LogP contribution in [0, 0.1) is 11.8 Å². The van der Waals surface area contributed by atoms with Crippen LogP contribution in [0.5, 0.6) is 0 Å². The predicted octanol–water partition coefficient (Wildman–Crippen LogP) is 3.87. The van der Waals surface area contributed by atoms with Gasteiger partial charge in [0.2, 0.25) is 12.0 Å². The van der Waals surface area contributed by atoms with E-state index in [1.807, 2.05) is 13.0 Å². The van der Waals surface area contributed by atoms with Gasteiger partial charge in [0.05, 0.1) is 12.0 Å². The summed E-state index contributed by atoms with van der Waals surface area (Å²) in [5.41, 5.74) is 0.736. The van der Waals surface area contributed by atoms with Gasteiger partial charge < -0.3 is 24.6 Å². The fraction of sp³-hybridized carbons (Fsp3) is 0.778. The number of esters is 2. The minimum atomic E-state index is -1.38. The second-order valence-corrected chi connectivity index (χ2v) is 10.1. The minimum absolute atomic E-state index is 0.346. The molecule has 1 rings (SSSR count). The average molecular weight is 512 g/mol. The number of nitrogens with zero attached hydrogens (tertiary/aromatic N) is 1. The first-order chi connectivity index (χ1) is 16.9. The number of ether oxygens (including phenoxy) is 2. The van der Waals surface area contributed by atoms with Crippen molar-refractivity contribution in [1.29, 1.82) is 0 Å². The number of aliphatic hydroxyl groups is 1. The quantitative estimate of drug-likeness (QED) is 0.192. The molecule has 206 valence electrons. The number of allylic oxidation sites excluding steroid dienone is 1. The van der Waals surface area contributed by atoms with Crippen LogP contribution < -0.4 is 0 Å². The van der Waals surface area contributed by atoms with Gasteiger partial charge in [0.25, 0.3) is 0 Å². The standard InChI is InChI=1S/C27H45NO8/c1-7-8-9-10-11-12-14-18(4)22(29)19(5)24(30)28-16-13-15-21(28)26(33)36-23(17(2)3)27(34)35-20(6)25(31)32/h14,17,19-23,29H,7-13,15-16H2,1-6H3,(H,31,32)/b18-14+/t19-,20+,21+,22-,23-/m1/s1. The van der Waals surface area contributed by atoms with Crippen molar-refractivity contribution < 1.29 is 38.9 Å². The van der Waals surface area contributed by atoms with Gasteiger partial charge in [-0.1, -0.05) is 59.5 Å². The van der Waals surface area contributed by atoms with Crippen LogP contribution in [0.15, 0.2) is 11.6 Å². The molecular formula is C27H45NO8. The lowest BCUT2D eigenvalue weighted by molar-refractivity contribution is -0.181. The van der Waals surface area contributed by atoms with Crippen LogP contribution in [0.1, 0.15) is 92.9 Å². The highest BCUT2D eigenvalue weighted by atomic mass is 16.6. The number of unbranched alkanes of at least 4 members (excludes halogenated alkanes) is 5. The van der Waals surface area contributed by atoms with Gasteiger partial charge in [-0.25, -0.2) is 14.4 Å². The Morgan fingerprint density at radius 3 is 2.25 bits per heavy atom. The molecule has 1 aliphatic heterocycles. The molecule has 1 heterocycles. The van der Waals surface area contributed by atoms with E-state index in [1.165, 1.54) is 31.1 Å². The van der Waals surface area contributed by atoms with Gasteiger partial charge in [-0.05, 0) is 45.1 Å². The molecule has 0 unspecified atom stereocenters. The number of hydrogen-bond donors (Lipinski definition) is 2. The number of carbonyl (C=O) groups excluding carboxylic acids is 3. The Hall–Kier alpha value is -2.42. The number of carboxylic acids is 1. The zero-order valence-electron chi connectivity index (χ0n) is 22.7. The maximum Gasteiger partial charge on any atom is 0.348 e. The maximum absolute atomic E-state index is 13.2. The summed E-state index contributed by atoms with van der Waals surface area (Å²) < 4.78 is 10.3. The highest BCUT2D eigenvalue weighted by Gasteiger charge is 2.41. The molecule has 0 aromatic rings. The molecule has 1 fully saturated rings. The van der Waals surface area contributed by atoms with Crippen LogP contribution in [0.4, 0.5) is 0 Å². The van der Waals surface area contributed by atoms with Crippen LogP contribution in [0.25, 0.3) is 0 Å². The third-order valence-corrected chi connectivity index (χ3v) is 6.63. The summed E-state index contributed by atoms with van der Waals surface area (Å²) in [5, 5.41) is 19.7. The predicted molar refractivity (Wildman–Crippen MR) is 135 cm³/mol. The Morgan fingerprint density at radius 1 is 1.03 bits per heavy atom. The molecule has 0 aromatic heterocycles. The average Bonchev–Trinajstić information content (AvgIpc) is 3.32. The number of carbonyl (C=O) groups is 4. The fourth-order valence-electron chi connectivity index (χ4n) is 4.22. The number of rotatable bonds is 15. The molecule has 9 nitrogen and oxygen atoms in total. The third kappa shape index (κ3) is 9.56. The van der Waals surface area contributed by atoms with E-state index in [0.717, 1.165) is 24.8 Å². The zero-order valence-corrected chi connectivity index (χ0v) is 22.7. The van der Waals surface area contributed by atoms with E-state index in [1.54, 1.807) is 20.8 Å². The summed E-state index contributed by atoms with van der Waals surface area (Å²) in [6, 6.07) is -0.874.